The first-order valence-electron chi connectivity index (χ1n) is 9.58. The fourth-order valence-corrected chi connectivity index (χ4v) is 3.48. The Hall–Kier alpha value is -2.74. The predicted octanol–water partition coefficient (Wildman–Crippen LogP) is 2.45. The van der Waals surface area contributed by atoms with Crippen LogP contribution in [-0.2, 0) is 24.2 Å². The number of anilines is 1. The monoisotopic (exact) mass is 410 g/mol. The fourth-order valence-electron chi connectivity index (χ4n) is 2.92. The third kappa shape index (κ3) is 6.98. The molecule has 0 radical (unpaired) electrons. The highest BCUT2D eigenvalue weighted by atomic mass is 32.1. The Morgan fingerprint density at radius 3 is 2.52 bits per heavy atom. The van der Waals surface area contributed by atoms with Gasteiger partial charge in [-0.05, 0) is 29.7 Å². The molecule has 29 heavy (non-hydrogen) atoms. The van der Waals surface area contributed by atoms with E-state index in [0.29, 0.717) is 23.9 Å². The van der Waals surface area contributed by atoms with E-state index in [4.69, 9.17) is 5.73 Å². The highest BCUT2D eigenvalue weighted by Crippen LogP contribution is 2.12. The largest absolute Gasteiger partial charge is 0.387 e. The van der Waals surface area contributed by atoms with Gasteiger partial charge in [-0.15, -0.1) is 11.3 Å². The van der Waals surface area contributed by atoms with Crippen LogP contribution in [-0.4, -0.2) is 29.1 Å². The van der Waals surface area contributed by atoms with Crippen molar-refractivity contribution >= 4 is 22.4 Å². The highest BCUT2D eigenvalue weighted by molar-refractivity contribution is 7.13. The predicted molar refractivity (Wildman–Crippen MR) is 116 cm³/mol. The Kier molecular flexibility index (Phi) is 7.75. The summed E-state index contributed by atoms with van der Waals surface area (Å²) >= 11 is 1.34. The summed E-state index contributed by atoms with van der Waals surface area (Å²) in [6.07, 6.45) is 0.619. The van der Waals surface area contributed by atoms with Crippen molar-refractivity contribution < 1.29 is 9.90 Å². The van der Waals surface area contributed by atoms with Crippen LogP contribution in [0.25, 0.3) is 0 Å². The van der Waals surface area contributed by atoms with E-state index in [9.17, 15) is 9.90 Å². The molecule has 0 aliphatic carbocycles. The van der Waals surface area contributed by atoms with Gasteiger partial charge in [0.2, 0.25) is 5.91 Å². The van der Waals surface area contributed by atoms with Gasteiger partial charge >= 0.3 is 0 Å². The molecule has 5 N–H and O–H groups in total. The lowest BCUT2D eigenvalue weighted by atomic mass is 10.1. The average molecular weight is 411 g/mol. The van der Waals surface area contributed by atoms with E-state index >= 15 is 0 Å². The molecule has 0 bridgehead atoms. The Bertz CT molecular complexity index is 897. The average Bonchev–Trinajstić information content (AvgIpc) is 3.15. The molecular weight excluding hydrogens is 384 g/mol. The molecule has 0 aliphatic rings. The molecule has 7 heteroatoms. The van der Waals surface area contributed by atoms with Gasteiger partial charge in [0.05, 0.1) is 18.2 Å². The molecule has 6 nitrogen and oxygen atoms in total. The van der Waals surface area contributed by atoms with Crippen LogP contribution in [0.5, 0.6) is 0 Å². The Balaban J connectivity index is 1.34. The maximum Gasteiger partial charge on any atom is 0.226 e. The van der Waals surface area contributed by atoms with Crippen molar-refractivity contribution in [3.8, 4) is 0 Å². The van der Waals surface area contributed by atoms with Crippen molar-refractivity contribution in [3.05, 3.63) is 82.4 Å². The summed E-state index contributed by atoms with van der Waals surface area (Å²) in [6.45, 7) is 1.80. The molecule has 1 amide bonds. The van der Waals surface area contributed by atoms with Crippen LogP contribution in [0.1, 0.15) is 28.5 Å². The zero-order chi connectivity index (χ0) is 20.5. The third-order valence-corrected chi connectivity index (χ3v) is 5.26. The SMILES string of the molecule is Nc1nc(CC(=O)NCc2ccc(CCNC[C@H](O)c3ccccc3)cc2)cs1. The van der Waals surface area contributed by atoms with Crippen molar-refractivity contribution in [1.29, 1.82) is 0 Å². The lowest BCUT2D eigenvalue weighted by Crippen LogP contribution is -2.24. The molecular formula is C22H26N4O2S. The van der Waals surface area contributed by atoms with E-state index in [0.717, 1.165) is 24.1 Å². The first-order valence-corrected chi connectivity index (χ1v) is 10.5. The van der Waals surface area contributed by atoms with Gasteiger partial charge in [0.15, 0.2) is 5.13 Å². The topological polar surface area (TPSA) is 100 Å². The van der Waals surface area contributed by atoms with Crippen molar-refractivity contribution in [3.63, 3.8) is 0 Å². The van der Waals surface area contributed by atoms with Crippen LogP contribution in [0.4, 0.5) is 5.13 Å². The quantitative estimate of drug-likeness (QED) is 0.385. The molecule has 2 aromatic carbocycles. The molecule has 0 aliphatic heterocycles. The molecule has 3 aromatic rings. The van der Waals surface area contributed by atoms with E-state index in [1.54, 1.807) is 5.38 Å². The van der Waals surface area contributed by atoms with Gasteiger partial charge in [0.1, 0.15) is 0 Å². The zero-order valence-corrected chi connectivity index (χ0v) is 17.0. The van der Waals surface area contributed by atoms with Crippen molar-refractivity contribution in [2.45, 2.75) is 25.5 Å². The molecule has 3 rings (SSSR count). The first-order chi connectivity index (χ1) is 14.1. The van der Waals surface area contributed by atoms with E-state index in [1.165, 1.54) is 16.9 Å². The summed E-state index contributed by atoms with van der Waals surface area (Å²) in [4.78, 5) is 16.1. The number of carbonyl (C=O) groups excluding carboxylic acids is 1. The minimum absolute atomic E-state index is 0.0689. The van der Waals surface area contributed by atoms with Crippen LogP contribution in [0, 0.1) is 0 Å². The number of benzene rings is 2. The Morgan fingerprint density at radius 2 is 1.83 bits per heavy atom. The minimum atomic E-state index is -0.497. The smallest absolute Gasteiger partial charge is 0.226 e. The standard InChI is InChI=1S/C22H26N4O2S/c23-22-26-19(15-29-22)12-21(28)25-13-17-8-6-16(7-9-17)10-11-24-14-20(27)18-4-2-1-3-5-18/h1-9,15,20,24,27H,10-14H2,(H2,23,26)(H,25,28)/t20-/m0/s1. The summed E-state index contributed by atoms with van der Waals surface area (Å²) in [5.74, 6) is -0.0689. The number of rotatable bonds is 10. The zero-order valence-electron chi connectivity index (χ0n) is 16.2. The lowest BCUT2D eigenvalue weighted by molar-refractivity contribution is -0.120. The van der Waals surface area contributed by atoms with E-state index < -0.39 is 6.10 Å². The summed E-state index contributed by atoms with van der Waals surface area (Å²) in [5.41, 5.74) is 9.45. The third-order valence-electron chi connectivity index (χ3n) is 4.54. The number of aromatic nitrogens is 1. The number of nitrogen functional groups attached to an aromatic ring is 1. The van der Waals surface area contributed by atoms with Gasteiger partial charge in [-0.1, -0.05) is 54.6 Å². The summed E-state index contributed by atoms with van der Waals surface area (Å²) in [6, 6.07) is 17.8. The molecule has 0 saturated heterocycles. The van der Waals surface area contributed by atoms with Crippen LogP contribution in [0.15, 0.2) is 60.0 Å². The number of amides is 1. The summed E-state index contributed by atoms with van der Waals surface area (Å²) in [5, 5.41) is 18.6. The Morgan fingerprint density at radius 1 is 1.10 bits per heavy atom. The summed E-state index contributed by atoms with van der Waals surface area (Å²) < 4.78 is 0. The van der Waals surface area contributed by atoms with E-state index in [2.05, 4.69) is 27.8 Å². The van der Waals surface area contributed by atoms with Crippen LogP contribution < -0.4 is 16.4 Å². The second-order valence-electron chi connectivity index (χ2n) is 6.83. The number of carbonyl (C=O) groups is 1. The van der Waals surface area contributed by atoms with E-state index in [-0.39, 0.29) is 12.3 Å². The molecule has 0 spiro atoms. The Labute approximate surface area is 174 Å². The molecule has 0 fully saturated rings. The number of thiazole rings is 1. The van der Waals surface area contributed by atoms with Crippen molar-refractivity contribution in [2.75, 3.05) is 18.8 Å². The fraction of sp³-hybridized carbons (Fsp3) is 0.273. The maximum absolute atomic E-state index is 12.0. The second-order valence-corrected chi connectivity index (χ2v) is 7.72. The molecule has 152 valence electrons. The number of hydrogen-bond acceptors (Lipinski definition) is 6. The maximum atomic E-state index is 12.0. The van der Waals surface area contributed by atoms with Gasteiger partial charge in [-0.25, -0.2) is 4.98 Å². The van der Waals surface area contributed by atoms with Crippen molar-refractivity contribution in [1.82, 2.24) is 15.6 Å². The minimum Gasteiger partial charge on any atom is -0.387 e. The number of nitrogens with zero attached hydrogens (tertiary/aromatic N) is 1. The normalized spacial score (nSPS) is 11.9. The van der Waals surface area contributed by atoms with Gasteiger partial charge in [-0.3, -0.25) is 4.79 Å². The number of aliphatic hydroxyl groups is 1. The number of hydrogen-bond donors (Lipinski definition) is 4. The number of nitrogens with two attached hydrogens (primary N) is 1. The lowest BCUT2D eigenvalue weighted by Gasteiger charge is -2.12. The molecule has 1 heterocycles. The van der Waals surface area contributed by atoms with Gasteiger partial charge in [0.25, 0.3) is 0 Å². The number of aliphatic hydroxyl groups excluding tert-OH is 1. The molecule has 0 unspecified atom stereocenters. The molecule has 1 atom stereocenters. The van der Waals surface area contributed by atoms with Crippen LogP contribution in [0.2, 0.25) is 0 Å². The number of nitrogens with one attached hydrogen (secondary N) is 2. The second kappa shape index (κ2) is 10.7. The van der Waals surface area contributed by atoms with Crippen molar-refractivity contribution in [2.24, 2.45) is 0 Å². The van der Waals surface area contributed by atoms with Gasteiger partial charge in [-0.2, -0.15) is 0 Å². The van der Waals surface area contributed by atoms with Crippen LogP contribution >= 0.6 is 11.3 Å². The van der Waals surface area contributed by atoms with E-state index in [1.807, 2.05) is 42.5 Å². The molecule has 0 saturated carbocycles. The van der Waals surface area contributed by atoms with Gasteiger partial charge < -0.3 is 21.5 Å². The summed E-state index contributed by atoms with van der Waals surface area (Å²) in [7, 11) is 0. The van der Waals surface area contributed by atoms with Crippen LogP contribution in [0.3, 0.4) is 0 Å². The van der Waals surface area contributed by atoms with Gasteiger partial charge in [0, 0.05) is 18.5 Å². The first kappa shape index (κ1) is 21.0. The highest BCUT2D eigenvalue weighted by Gasteiger charge is 2.07. The molecule has 1 aromatic heterocycles.